The number of amides is 2. The van der Waals surface area contributed by atoms with Gasteiger partial charge in [-0.25, -0.2) is 9.78 Å². The highest BCUT2D eigenvalue weighted by Crippen LogP contribution is 2.37. The van der Waals surface area contributed by atoms with E-state index in [1.807, 2.05) is 47.6 Å². The van der Waals surface area contributed by atoms with Gasteiger partial charge in [-0.2, -0.15) is 0 Å². The number of anilines is 2. The van der Waals surface area contributed by atoms with Crippen molar-refractivity contribution in [3.05, 3.63) is 45.3 Å². The number of nitrogens with one attached hydrogen (secondary N) is 1. The molecule has 2 unspecified atom stereocenters. The fourth-order valence-electron chi connectivity index (χ4n) is 4.83. The minimum atomic E-state index is -1.10. The molecule has 0 bridgehead atoms. The highest BCUT2D eigenvalue weighted by atomic mass is 35.5. The summed E-state index contributed by atoms with van der Waals surface area (Å²) in [5.41, 5.74) is 1.94. The molecule has 11 heteroatoms. The molecule has 2 amide bonds. The van der Waals surface area contributed by atoms with Gasteiger partial charge in [-0.3, -0.25) is 9.78 Å². The minimum absolute atomic E-state index is 0.0878. The molecule has 2 atom stereocenters. The molecule has 0 spiro atoms. The van der Waals surface area contributed by atoms with E-state index in [9.17, 15) is 19.8 Å². The van der Waals surface area contributed by atoms with Crippen molar-refractivity contribution in [1.29, 1.82) is 0 Å². The van der Waals surface area contributed by atoms with Crippen LogP contribution in [-0.2, 0) is 0 Å². The van der Waals surface area contributed by atoms with Crippen molar-refractivity contribution in [3.8, 4) is 0 Å². The zero-order valence-electron chi connectivity index (χ0n) is 21.3. The molecule has 0 aromatic carbocycles. The maximum absolute atomic E-state index is 14.0. The van der Waals surface area contributed by atoms with Gasteiger partial charge in [-0.05, 0) is 36.0 Å². The normalized spacial score (nSPS) is 18.5. The molecule has 3 heterocycles. The third-order valence-electron chi connectivity index (χ3n) is 6.40. The second-order valence-electron chi connectivity index (χ2n) is 10.4. The van der Waals surface area contributed by atoms with Crippen molar-refractivity contribution in [2.75, 3.05) is 25.0 Å². The SMILES string of the molecule is Cc1ccnc(C(C)C)c1Nc1nc(Cl)cc(Cl)c1C(=O)N1CCN(C(=O)O)C(C(C)(C)C)C1CO. The Bertz CT molecular complexity index is 1150. The number of aliphatic hydroxyl groups is 1. The fraction of sp³-hybridized carbons (Fsp3) is 0.520. The van der Waals surface area contributed by atoms with Crippen molar-refractivity contribution >= 4 is 46.7 Å². The first-order valence-corrected chi connectivity index (χ1v) is 12.5. The third kappa shape index (κ3) is 5.53. The van der Waals surface area contributed by atoms with Crippen LogP contribution in [-0.4, -0.2) is 73.8 Å². The number of pyridine rings is 2. The summed E-state index contributed by atoms with van der Waals surface area (Å²) in [6.07, 6.45) is 0.628. The van der Waals surface area contributed by atoms with Crippen LogP contribution in [0.15, 0.2) is 18.3 Å². The van der Waals surface area contributed by atoms with E-state index < -0.39 is 36.1 Å². The third-order valence-corrected chi connectivity index (χ3v) is 6.89. The van der Waals surface area contributed by atoms with E-state index in [0.29, 0.717) is 5.69 Å². The zero-order valence-corrected chi connectivity index (χ0v) is 22.9. The minimum Gasteiger partial charge on any atom is -0.465 e. The van der Waals surface area contributed by atoms with E-state index in [1.54, 1.807) is 6.20 Å². The molecule has 0 saturated carbocycles. The van der Waals surface area contributed by atoms with Gasteiger partial charge in [-0.15, -0.1) is 0 Å². The second-order valence-corrected chi connectivity index (χ2v) is 11.1. The number of carboxylic acid groups (broad SMARTS) is 1. The molecule has 3 N–H and O–H groups in total. The Balaban J connectivity index is 2.10. The summed E-state index contributed by atoms with van der Waals surface area (Å²) < 4.78 is 0. The number of aryl methyl sites for hydroxylation is 1. The lowest BCUT2D eigenvalue weighted by Crippen LogP contribution is -2.67. The number of nitrogens with zero attached hydrogens (tertiary/aromatic N) is 4. The number of aliphatic hydroxyl groups excluding tert-OH is 1. The molecule has 3 rings (SSSR count). The summed E-state index contributed by atoms with van der Waals surface area (Å²) in [5.74, 6) is -0.213. The predicted molar refractivity (Wildman–Crippen MR) is 140 cm³/mol. The van der Waals surface area contributed by atoms with E-state index in [4.69, 9.17) is 23.2 Å². The van der Waals surface area contributed by atoms with Crippen LogP contribution in [0.2, 0.25) is 10.2 Å². The molecule has 2 aromatic rings. The molecular weight excluding hydrogens is 505 g/mol. The first-order valence-electron chi connectivity index (χ1n) is 11.8. The number of piperazine rings is 1. The molecule has 1 saturated heterocycles. The van der Waals surface area contributed by atoms with Crippen molar-refractivity contribution in [1.82, 2.24) is 19.8 Å². The van der Waals surface area contributed by atoms with Crippen LogP contribution in [0.3, 0.4) is 0 Å². The van der Waals surface area contributed by atoms with Crippen molar-refractivity contribution in [2.24, 2.45) is 5.41 Å². The number of hydrogen-bond acceptors (Lipinski definition) is 6. The van der Waals surface area contributed by atoms with E-state index in [-0.39, 0.29) is 40.6 Å². The van der Waals surface area contributed by atoms with E-state index >= 15 is 0 Å². The molecule has 1 fully saturated rings. The van der Waals surface area contributed by atoms with Crippen LogP contribution < -0.4 is 5.32 Å². The first kappa shape index (κ1) is 28.0. The first-order chi connectivity index (χ1) is 16.8. The largest absolute Gasteiger partial charge is 0.465 e. The van der Waals surface area contributed by atoms with E-state index in [2.05, 4.69) is 15.3 Å². The maximum Gasteiger partial charge on any atom is 0.407 e. The summed E-state index contributed by atoms with van der Waals surface area (Å²) in [4.78, 5) is 37.6. The summed E-state index contributed by atoms with van der Waals surface area (Å²) >= 11 is 12.8. The van der Waals surface area contributed by atoms with Crippen LogP contribution in [0.5, 0.6) is 0 Å². The summed E-state index contributed by atoms with van der Waals surface area (Å²) in [6.45, 7) is 11.4. The summed E-state index contributed by atoms with van der Waals surface area (Å²) in [5, 5.41) is 23.6. The van der Waals surface area contributed by atoms with Gasteiger partial charge in [0.05, 0.1) is 35.1 Å². The molecule has 1 aliphatic rings. The quantitative estimate of drug-likeness (QED) is 0.450. The second kappa shape index (κ2) is 10.8. The molecule has 1 aliphatic heterocycles. The lowest BCUT2D eigenvalue weighted by atomic mass is 9.79. The number of halogens is 2. The van der Waals surface area contributed by atoms with Crippen LogP contribution in [0, 0.1) is 12.3 Å². The van der Waals surface area contributed by atoms with Gasteiger partial charge < -0.3 is 25.3 Å². The number of aromatic nitrogens is 2. The van der Waals surface area contributed by atoms with Gasteiger partial charge in [0.2, 0.25) is 0 Å². The van der Waals surface area contributed by atoms with E-state index in [0.717, 1.165) is 11.3 Å². The molecule has 2 aromatic heterocycles. The van der Waals surface area contributed by atoms with Crippen LogP contribution >= 0.6 is 23.2 Å². The van der Waals surface area contributed by atoms with Gasteiger partial charge >= 0.3 is 6.09 Å². The summed E-state index contributed by atoms with van der Waals surface area (Å²) in [7, 11) is 0. The molecule has 9 nitrogen and oxygen atoms in total. The van der Waals surface area contributed by atoms with E-state index in [1.165, 1.54) is 15.9 Å². The predicted octanol–water partition coefficient (Wildman–Crippen LogP) is 5.17. The monoisotopic (exact) mass is 537 g/mol. The highest BCUT2D eigenvalue weighted by molar-refractivity contribution is 6.37. The van der Waals surface area contributed by atoms with Crippen molar-refractivity contribution in [2.45, 2.75) is 59.5 Å². The van der Waals surface area contributed by atoms with Crippen molar-refractivity contribution < 1.29 is 19.8 Å². The van der Waals surface area contributed by atoms with Crippen LogP contribution in [0.4, 0.5) is 16.3 Å². The lowest BCUT2D eigenvalue weighted by molar-refractivity contribution is -0.0311. The Morgan fingerprint density at radius 2 is 1.86 bits per heavy atom. The molecule has 0 aliphatic carbocycles. The van der Waals surface area contributed by atoms with Gasteiger partial charge in [0.15, 0.2) is 0 Å². The molecular formula is C25H33Cl2N5O4. The smallest absolute Gasteiger partial charge is 0.407 e. The van der Waals surface area contributed by atoms with Crippen LogP contribution in [0.25, 0.3) is 0 Å². The molecule has 36 heavy (non-hydrogen) atoms. The number of carbonyl (C=O) groups excluding carboxylic acids is 1. The maximum atomic E-state index is 14.0. The Kier molecular flexibility index (Phi) is 8.37. The number of hydrogen-bond donors (Lipinski definition) is 3. The Morgan fingerprint density at radius 1 is 1.22 bits per heavy atom. The van der Waals surface area contributed by atoms with Crippen molar-refractivity contribution in [3.63, 3.8) is 0 Å². The Hall–Kier alpha value is -2.62. The van der Waals surface area contributed by atoms with Gasteiger partial charge in [-0.1, -0.05) is 57.8 Å². The number of rotatable bonds is 5. The van der Waals surface area contributed by atoms with Gasteiger partial charge in [0.25, 0.3) is 5.91 Å². The average molecular weight is 538 g/mol. The Labute approximate surface area is 221 Å². The average Bonchev–Trinajstić information content (AvgIpc) is 2.77. The molecule has 0 radical (unpaired) electrons. The zero-order chi connectivity index (χ0) is 26.9. The highest BCUT2D eigenvalue weighted by Gasteiger charge is 2.47. The fourth-order valence-corrected chi connectivity index (χ4v) is 5.35. The summed E-state index contributed by atoms with van der Waals surface area (Å²) in [6, 6.07) is 1.82. The lowest BCUT2D eigenvalue weighted by Gasteiger charge is -2.51. The molecule has 196 valence electrons. The topological polar surface area (TPSA) is 119 Å². The number of carbonyl (C=O) groups is 2. The van der Waals surface area contributed by atoms with Gasteiger partial charge in [0.1, 0.15) is 16.5 Å². The Morgan fingerprint density at radius 3 is 2.42 bits per heavy atom. The van der Waals surface area contributed by atoms with Gasteiger partial charge in [0, 0.05) is 19.3 Å². The van der Waals surface area contributed by atoms with Crippen LogP contribution in [0.1, 0.15) is 62.2 Å². The standard InChI is InChI=1S/C25H33Cl2N5O4/c1-13(2)19-20(14(3)7-8-28-19)30-22-18(15(26)11-17(27)29-22)23(34)31-9-10-32(24(35)36)21(16(31)12-33)25(4,5)6/h7-8,11,13,16,21,33H,9-10,12H2,1-6H3,(H,29,30)(H,35,36).